The molecule has 0 saturated heterocycles. The number of benzene rings is 2. The van der Waals surface area contributed by atoms with E-state index in [0.717, 1.165) is 16.3 Å². The highest BCUT2D eigenvalue weighted by molar-refractivity contribution is 9.10. The number of hydrogen-bond donors (Lipinski definition) is 1. The van der Waals surface area contributed by atoms with E-state index in [1.165, 1.54) is 12.1 Å². The summed E-state index contributed by atoms with van der Waals surface area (Å²) < 4.78 is 29.4. The molecule has 0 unspecified atom stereocenters. The Balaban J connectivity index is 2.05. The molecule has 2 aromatic carbocycles. The highest BCUT2D eigenvalue weighted by Crippen LogP contribution is 2.33. The van der Waals surface area contributed by atoms with Crippen molar-refractivity contribution in [3.8, 4) is 22.6 Å². The third-order valence-corrected chi connectivity index (χ3v) is 5.27. The van der Waals surface area contributed by atoms with Gasteiger partial charge < -0.3 is 9.63 Å². The second kappa shape index (κ2) is 6.51. The van der Waals surface area contributed by atoms with Gasteiger partial charge >= 0.3 is 0 Å². The topological polar surface area (TPSA) is 80.4 Å². The van der Waals surface area contributed by atoms with Crippen molar-refractivity contribution in [3.63, 3.8) is 0 Å². The van der Waals surface area contributed by atoms with Crippen LogP contribution in [-0.2, 0) is 16.4 Å². The zero-order chi connectivity index (χ0) is 17.3. The van der Waals surface area contributed by atoms with E-state index in [2.05, 4.69) is 21.1 Å². The summed E-state index contributed by atoms with van der Waals surface area (Å²) in [7, 11) is -3.26. The highest BCUT2D eigenvalue weighted by atomic mass is 79.9. The second-order valence-electron chi connectivity index (χ2n) is 5.30. The smallest absolute Gasteiger partial charge is 0.175 e. The van der Waals surface area contributed by atoms with Gasteiger partial charge in [0.1, 0.15) is 5.69 Å². The molecular formula is C17H14BrNO4S. The maximum Gasteiger partial charge on any atom is 0.175 e. The Kier molecular flexibility index (Phi) is 4.58. The molecular weight excluding hydrogens is 394 g/mol. The van der Waals surface area contributed by atoms with Crippen LogP contribution >= 0.6 is 15.9 Å². The Morgan fingerprint density at radius 1 is 1.04 bits per heavy atom. The summed E-state index contributed by atoms with van der Waals surface area (Å²) in [6.45, 7) is -0.238. The molecule has 7 heteroatoms. The SMILES string of the molecule is CS(=O)(=O)c1ccc(-c2onc(-c3ccc(Br)cc3)c2CO)cc1. The van der Waals surface area contributed by atoms with Crippen molar-refractivity contribution < 1.29 is 18.0 Å². The van der Waals surface area contributed by atoms with E-state index in [-0.39, 0.29) is 11.5 Å². The quantitative estimate of drug-likeness (QED) is 0.713. The first-order valence-electron chi connectivity index (χ1n) is 7.06. The van der Waals surface area contributed by atoms with Crippen molar-refractivity contribution in [1.82, 2.24) is 5.16 Å². The Labute approximate surface area is 148 Å². The van der Waals surface area contributed by atoms with Gasteiger partial charge in [-0.2, -0.15) is 0 Å². The molecule has 0 aliphatic heterocycles. The summed E-state index contributed by atoms with van der Waals surface area (Å²) in [6.07, 6.45) is 1.15. The van der Waals surface area contributed by atoms with Crippen molar-refractivity contribution in [1.29, 1.82) is 0 Å². The third-order valence-electron chi connectivity index (χ3n) is 3.61. The summed E-state index contributed by atoms with van der Waals surface area (Å²) in [4.78, 5) is 0.226. The fourth-order valence-corrected chi connectivity index (χ4v) is 3.27. The monoisotopic (exact) mass is 407 g/mol. The number of aliphatic hydroxyl groups is 1. The number of rotatable bonds is 4. The molecule has 24 heavy (non-hydrogen) atoms. The molecule has 1 aromatic heterocycles. The third kappa shape index (κ3) is 3.28. The Hall–Kier alpha value is -1.96. The first kappa shape index (κ1) is 16.9. The van der Waals surface area contributed by atoms with Gasteiger partial charge in [-0.25, -0.2) is 8.42 Å². The van der Waals surface area contributed by atoms with Gasteiger partial charge in [0.2, 0.25) is 0 Å². The molecule has 0 spiro atoms. The van der Waals surface area contributed by atoms with Crippen molar-refractivity contribution in [2.75, 3.05) is 6.26 Å². The van der Waals surface area contributed by atoms with Crippen LogP contribution in [0.4, 0.5) is 0 Å². The lowest BCUT2D eigenvalue weighted by atomic mass is 10.0. The number of halogens is 1. The fraction of sp³-hybridized carbons (Fsp3) is 0.118. The van der Waals surface area contributed by atoms with Crippen LogP contribution < -0.4 is 0 Å². The standard InChI is InChI=1S/C17H14BrNO4S/c1-24(21,22)14-8-4-12(5-9-14)17-15(10-20)16(19-23-17)11-2-6-13(18)7-3-11/h2-9,20H,10H2,1H3. The Morgan fingerprint density at radius 2 is 1.62 bits per heavy atom. The average Bonchev–Trinajstić information content (AvgIpc) is 2.98. The van der Waals surface area contributed by atoms with Crippen LogP contribution in [0.5, 0.6) is 0 Å². The highest BCUT2D eigenvalue weighted by Gasteiger charge is 2.19. The summed E-state index contributed by atoms with van der Waals surface area (Å²) >= 11 is 3.38. The second-order valence-corrected chi connectivity index (χ2v) is 8.23. The molecule has 5 nitrogen and oxygen atoms in total. The maximum absolute atomic E-state index is 11.5. The molecule has 0 saturated carbocycles. The number of aliphatic hydroxyl groups excluding tert-OH is 1. The molecule has 3 rings (SSSR count). The van der Waals surface area contributed by atoms with Crippen molar-refractivity contribution in [2.45, 2.75) is 11.5 Å². The minimum absolute atomic E-state index is 0.226. The summed E-state index contributed by atoms with van der Waals surface area (Å²) in [5.41, 5.74) is 2.60. The minimum atomic E-state index is -3.26. The number of nitrogens with zero attached hydrogens (tertiary/aromatic N) is 1. The van der Waals surface area contributed by atoms with E-state index in [4.69, 9.17) is 4.52 Å². The molecule has 0 aliphatic rings. The normalized spacial score (nSPS) is 11.6. The molecule has 0 bridgehead atoms. The first-order chi connectivity index (χ1) is 11.4. The lowest BCUT2D eigenvalue weighted by Crippen LogP contribution is -1.96. The first-order valence-corrected chi connectivity index (χ1v) is 9.74. The summed E-state index contributed by atoms with van der Waals surface area (Å²) in [5.74, 6) is 0.426. The van der Waals surface area contributed by atoms with E-state index in [9.17, 15) is 13.5 Å². The predicted octanol–water partition coefficient (Wildman–Crippen LogP) is 3.67. The summed E-state index contributed by atoms with van der Waals surface area (Å²) in [5, 5.41) is 13.8. The van der Waals surface area contributed by atoms with Crippen LogP contribution in [-0.4, -0.2) is 24.9 Å². The van der Waals surface area contributed by atoms with Gasteiger partial charge in [0, 0.05) is 21.9 Å². The van der Waals surface area contributed by atoms with Crippen molar-refractivity contribution in [3.05, 3.63) is 58.6 Å². The van der Waals surface area contributed by atoms with Gasteiger partial charge in [0.05, 0.1) is 17.1 Å². The van der Waals surface area contributed by atoms with Crippen LogP contribution in [0, 0.1) is 0 Å². The lowest BCUT2D eigenvalue weighted by molar-refractivity contribution is 0.281. The molecule has 0 radical (unpaired) electrons. The van der Waals surface area contributed by atoms with Crippen LogP contribution in [0.15, 0.2) is 62.4 Å². The van der Waals surface area contributed by atoms with Crippen LogP contribution in [0.2, 0.25) is 0 Å². The average molecular weight is 408 g/mol. The van der Waals surface area contributed by atoms with Crippen molar-refractivity contribution >= 4 is 25.8 Å². The lowest BCUT2D eigenvalue weighted by Gasteiger charge is -2.03. The van der Waals surface area contributed by atoms with Crippen LogP contribution in [0.3, 0.4) is 0 Å². The van der Waals surface area contributed by atoms with E-state index < -0.39 is 9.84 Å². The zero-order valence-electron chi connectivity index (χ0n) is 12.7. The van der Waals surface area contributed by atoms with E-state index in [1.54, 1.807) is 12.1 Å². The van der Waals surface area contributed by atoms with E-state index in [0.29, 0.717) is 22.6 Å². The van der Waals surface area contributed by atoms with Crippen LogP contribution in [0.25, 0.3) is 22.6 Å². The van der Waals surface area contributed by atoms with E-state index in [1.807, 2.05) is 24.3 Å². The Morgan fingerprint density at radius 3 is 2.17 bits per heavy atom. The molecule has 3 aromatic rings. The molecule has 1 N–H and O–H groups in total. The van der Waals surface area contributed by atoms with Gasteiger partial charge in [0.25, 0.3) is 0 Å². The molecule has 0 fully saturated rings. The molecule has 0 amide bonds. The number of sulfone groups is 1. The van der Waals surface area contributed by atoms with Gasteiger partial charge in [-0.3, -0.25) is 0 Å². The number of hydrogen-bond acceptors (Lipinski definition) is 5. The largest absolute Gasteiger partial charge is 0.391 e. The molecule has 0 atom stereocenters. The number of aromatic nitrogens is 1. The van der Waals surface area contributed by atoms with E-state index >= 15 is 0 Å². The minimum Gasteiger partial charge on any atom is -0.391 e. The molecule has 1 heterocycles. The van der Waals surface area contributed by atoms with Gasteiger partial charge in [-0.1, -0.05) is 33.2 Å². The molecule has 0 aliphatic carbocycles. The van der Waals surface area contributed by atoms with Crippen LogP contribution in [0.1, 0.15) is 5.56 Å². The Bertz CT molecular complexity index is 961. The van der Waals surface area contributed by atoms with Gasteiger partial charge in [-0.15, -0.1) is 0 Å². The van der Waals surface area contributed by atoms with Gasteiger partial charge in [-0.05, 0) is 36.4 Å². The maximum atomic E-state index is 11.5. The zero-order valence-corrected chi connectivity index (χ0v) is 15.1. The van der Waals surface area contributed by atoms with Gasteiger partial charge in [0.15, 0.2) is 15.6 Å². The van der Waals surface area contributed by atoms with Crippen molar-refractivity contribution in [2.24, 2.45) is 0 Å². The molecule has 124 valence electrons. The predicted molar refractivity (Wildman–Crippen MR) is 94.1 cm³/mol. The summed E-state index contributed by atoms with van der Waals surface area (Å²) in [6, 6.07) is 13.8. The fourth-order valence-electron chi connectivity index (χ4n) is 2.37.